The van der Waals surface area contributed by atoms with Gasteiger partial charge >= 0.3 is 0 Å². The summed E-state index contributed by atoms with van der Waals surface area (Å²) < 4.78 is 43.9. The van der Waals surface area contributed by atoms with Crippen LogP contribution in [0.2, 0.25) is 0 Å². The van der Waals surface area contributed by atoms with Crippen molar-refractivity contribution in [2.75, 3.05) is 31.0 Å². The first-order valence-corrected chi connectivity index (χ1v) is 11.5. The monoisotopic (exact) mass is 498 g/mol. The van der Waals surface area contributed by atoms with E-state index in [1.807, 2.05) is 13.8 Å². The number of halogens is 2. The number of anilines is 2. The van der Waals surface area contributed by atoms with Gasteiger partial charge in [0.15, 0.2) is 23.1 Å². The molecule has 0 aliphatic heterocycles. The van der Waals surface area contributed by atoms with Gasteiger partial charge in [-0.05, 0) is 55.3 Å². The van der Waals surface area contributed by atoms with Crippen LogP contribution in [0.25, 0.3) is 0 Å². The minimum Gasteiger partial charge on any atom is -0.496 e. The van der Waals surface area contributed by atoms with Crippen molar-refractivity contribution in [2.45, 2.75) is 26.7 Å². The van der Waals surface area contributed by atoms with Crippen molar-refractivity contribution in [2.24, 2.45) is 0 Å². The van der Waals surface area contributed by atoms with Crippen molar-refractivity contribution in [1.82, 2.24) is 0 Å². The Hall–Kier alpha value is -4.14. The van der Waals surface area contributed by atoms with Gasteiger partial charge in [0.1, 0.15) is 5.75 Å². The Kier molecular flexibility index (Phi) is 9.21. The summed E-state index contributed by atoms with van der Waals surface area (Å²) in [5.41, 5.74) is 0.916. The first-order valence-electron chi connectivity index (χ1n) is 11.5. The van der Waals surface area contributed by atoms with Crippen molar-refractivity contribution in [1.29, 1.82) is 0 Å². The van der Waals surface area contributed by atoms with Crippen LogP contribution in [0.3, 0.4) is 0 Å². The maximum absolute atomic E-state index is 14.0. The lowest BCUT2D eigenvalue weighted by Gasteiger charge is -2.13. The molecule has 0 radical (unpaired) electrons. The molecule has 0 aromatic heterocycles. The highest BCUT2D eigenvalue weighted by atomic mass is 19.1. The van der Waals surface area contributed by atoms with Gasteiger partial charge in [-0.15, -0.1) is 0 Å². The molecule has 0 saturated carbocycles. The zero-order chi connectivity index (χ0) is 26.1. The fraction of sp³-hybridized carbons (Fsp3) is 0.259. The molecular formula is C27H28F2N2O5. The number of nitrogens with one attached hydrogen (secondary N) is 2. The molecule has 2 N–H and O–H groups in total. The molecule has 0 aliphatic carbocycles. The van der Waals surface area contributed by atoms with Gasteiger partial charge in [-0.3, -0.25) is 9.59 Å². The van der Waals surface area contributed by atoms with Crippen LogP contribution in [0.5, 0.6) is 17.2 Å². The standard InChI is InChI=1S/C27H28F2N2O5/c1-4-12-35-24-15-18(7-9-21(24)28)30-26(32)17-6-11-23(34-3)20(14-17)27(33)31-19-8-10-22(29)25(16-19)36-13-5-2/h6-11,14-16H,4-5,12-13H2,1-3H3,(H,30,32)(H,31,33). The molecule has 3 aromatic carbocycles. The molecule has 3 rings (SSSR count). The maximum atomic E-state index is 14.0. The molecule has 0 spiro atoms. The van der Waals surface area contributed by atoms with Crippen LogP contribution in [-0.2, 0) is 0 Å². The minimum atomic E-state index is -0.563. The van der Waals surface area contributed by atoms with Crippen LogP contribution in [0.15, 0.2) is 54.6 Å². The predicted molar refractivity (Wildman–Crippen MR) is 133 cm³/mol. The summed E-state index contributed by atoms with van der Waals surface area (Å²) in [5.74, 6) is -1.85. The van der Waals surface area contributed by atoms with E-state index in [0.717, 1.165) is 0 Å². The van der Waals surface area contributed by atoms with Crippen molar-refractivity contribution in [3.63, 3.8) is 0 Å². The third kappa shape index (κ3) is 6.71. The summed E-state index contributed by atoms with van der Waals surface area (Å²) >= 11 is 0. The van der Waals surface area contributed by atoms with E-state index in [9.17, 15) is 18.4 Å². The van der Waals surface area contributed by atoms with Crippen molar-refractivity contribution >= 4 is 23.2 Å². The number of benzene rings is 3. The Morgan fingerprint density at radius 2 is 1.25 bits per heavy atom. The van der Waals surface area contributed by atoms with Gasteiger partial charge in [0, 0.05) is 29.1 Å². The maximum Gasteiger partial charge on any atom is 0.259 e. The van der Waals surface area contributed by atoms with E-state index in [1.165, 1.54) is 61.7 Å². The fourth-order valence-corrected chi connectivity index (χ4v) is 3.24. The molecule has 0 aliphatic rings. The molecule has 0 saturated heterocycles. The fourth-order valence-electron chi connectivity index (χ4n) is 3.24. The summed E-state index contributed by atoms with van der Waals surface area (Å²) in [6.07, 6.45) is 1.41. The Bertz CT molecular complexity index is 1230. The van der Waals surface area contributed by atoms with E-state index < -0.39 is 23.4 Å². The number of hydrogen-bond donors (Lipinski definition) is 2. The van der Waals surface area contributed by atoms with Gasteiger partial charge in [0.05, 0.1) is 25.9 Å². The summed E-state index contributed by atoms with van der Waals surface area (Å²) in [6, 6.07) is 12.4. The normalized spacial score (nSPS) is 10.5. The van der Waals surface area contributed by atoms with E-state index >= 15 is 0 Å². The van der Waals surface area contributed by atoms with E-state index in [1.54, 1.807) is 0 Å². The Balaban J connectivity index is 1.80. The Labute approximate surface area is 208 Å². The molecule has 3 aromatic rings. The lowest BCUT2D eigenvalue weighted by Crippen LogP contribution is -2.17. The molecular weight excluding hydrogens is 470 g/mol. The highest BCUT2D eigenvalue weighted by Gasteiger charge is 2.18. The largest absolute Gasteiger partial charge is 0.496 e. The van der Waals surface area contributed by atoms with Gasteiger partial charge in [-0.25, -0.2) is 8.78 Å². The zero-order valence-corrected chi connectivity index (χ0v) is 20.3. The average molecular weight is 499 g/mol. The Morgan fingerprint density at radius 3 is 1.75 bits per heavy atom. The van der Waals surface area contributed by atoms with E-state index in [2.05, 4.69) is 10.6 Å². The third-order valence-electron chi connectivity index (χ3n) is 5.01. The summed E-state index contributed by atoms with van der Waals surface area (Å²) in [6.45, 7) is 4.47. The number of ether oxygens (including phenoxy) is 3. The van der Waals surface area contributed by atoms with Crippen molar-refractivity contribution in [3.8, 4) is 17.2 Å². The quantitative estimate of drug-likeness (QED) is 0.336. The van der Waals surface area contributed by atoms with E-state index in [-0.39, 0.29) is 28.4 Å². The summed E-state index contributed by atoms with van der Waals surface area (Å²) in [7, 11) is 1.40. The van der Waals surface area contributed by atoms with Crippen LogP contribution in [0, 0.1) is 11.6 Å². The third-order valence-corrected chi connectivity index (χ3v) is 5.01. The topological polar surface area (TPSA) is 85.9 Å². The summed E-state index contributed by atoms with van der Waals surface area (Å²) in [4.78, 5) is 25.9. The van der Waals surface area contributed by atoms with E-state index in [0.29, 0.717) is 37.4 Å². The second-order valence-corrected chi connectivity index (χ2v) is 7.81. The molecule has 36 heavy (non-hydrogen) atoms. The molecule has 190 valence electrons. The molecule has 7 nitrogen and oxygen atoms in total. The average Bonchev–Trinajstić information content (AvgIpc) is 2.88. The number of rotatable bonds is 11. The Morgan fingerprint density at radius 1 is 0.722 bits per heavy atom. The van der Waals surface area contributed by atoms with Crippen molar-refractivity contribution in [3.05, 3.63) is 77.4 Å². The molecule has 9 heteroatoms. The predicted octanol–water partition coefficient (Wildman–Crippen LogP) is 6.06. The second-order valence-electron chi connectivity index (χ2n) is 7.81. The van der Waals surface area contributed by atoms with Crippen molar-refractivity contribution < 1.29 is 32.6 Å². The summed E-state index contributed by atoms with van der Waals surface area (Å²) in [5, 5.41) is 5.34. The number of methoxy groups -OCH3 is 1. The molecule has 0 atom stereocenters. The van der Waals surface area contributed by atoms with Crippen LogP contribution in [0.1, 0.15) is 47.4 Å². The highest BCUT2D eigenvalue weighted by Crippen LogP contribution is 2.26. The minimum absolute atomic E-state index is 0.0244. The van der Waals surface area contributed by atoms with Crippen LogP contribution < -0.4 is 24.8 Å². The molecule has 0 fully saturated rings. The molecule has 0 heterocycles. The van der Waals surface area contributed by atoms with Crippen LogP contribution >= 0.6 is 0 Å². The SMILES string of the molecule is CCCOc1cc(NC(=O)c2ccc(OC)c(C(=O)Nc3ccc(F)c(OCCC)c3)c2)ccc1F. The van der Waals surface area contributed by atoms with Crippen LogP contribution in [-0.4, -0.2) is 32.1 Å². The number of amides is 2. The second kappa shape index (κ2) is 12.5. The molecule has 0 bridgehead atoms. The smallest absolute Gasteiger partial charge is 0.259 e. The van der Waals surface area contributed by atoms with Gasteiger partial charge < -0.3 is 24.8 Å². The first-order chi connectivity index (χ1) is 17.4. The lowest BCUT2D eigenvalue weighted by atomic mass is 10.1. The zero-order valence-electron chi connectivity index (χ0n) is 20.3. The van der Waals surface area contributed by atoms with Gasteiger partial charge in [-0.2, -0.15) is 0 Å². The van der Waals surface area contributed by atoms with Crippen LogP contribution in [0.4, 0.5) is 20.2 Å². The first kappa shape index (κ1) is 26.5. The highest BCUT2D eigenvalue weighted by molar-refractivity contribution is 6.10. The van der Waals surface area contributed by atoms with E-state index in [4.69, 9.17) is 14.2 Å². The number of carbonyl (C=O) groups is 2. The van der Waals surface area contributed by atoms with Gasteiger partial charge in [-0.1, -0.05) is 13.8 Å². The number of hydrogen-bond acceptors (Lipinski definition) is 5. The van der Waals surface area contributed by atoms with Gasteiger partial charge in [0.25, 0.3) is 11.8 Å². The van der Waals surface area contributed by atoms with Gasteiger partial charge in [0.2, 0.25) is 0 Å². The molecule has 0 unspecified atom stereocenters. The molecule has 2 amide bonds. The lowest BCUT2D eigenvalue weighted by molar-refractivity contribution is 0.102. The number of carbonyl (C=O) groups excluding carboxylic acids is 2.